The van der Waals surface area contributed by atoms with Crippen molar-refractivity contribution in [2.75, 3.05) is 0 Å². The molecule has 1 fully saturated rings. The molecule has 0 amide bonds. The minimum atomic E-state index is 0.212. The van der Waals surface area contributed by atoms with Crippen molar-refractivity contribution in [2.24, 2.45) is 5.92 Å². The Kier molecular flexibility index (Phi) is 2.70. The maximum absolute atomic E-state index is 11.9. The van der Waals surface area contributed by atoms with Gasteiger partial charge in [0.05, 0.1) is 0 Å². The predicted molar refractivity (Wildman–Crippen MR) is 55.2 cm³/mol. The minimum Gasteiger partial charge on any atom is -0.294 e. The van der Waals surface area contributed by atoms with E-state index in [0.29, 0.717) is 5.78 Å². The molecule has 0 heterocycles. The van der Waals surface area contributed by atoms with Crippen LogP contribution in [-0.2, 0) is 4.79 Å². The van der Waals surface area contributed by atoms with Gasteiger partial charge in [0.1, 0.15) is 0 Å². The fourth-order valence-electron chi connectivity index (χ4n) is 1.99. The molecule has 0 radical (unpaired) electrons. The number of Topliss-reactive ketones (excluding diaryl/α,β-unsaturated/α-hetero) is 1. The molecular formula is C13H12O. The first-order valence-electron chi connectivity index (χ1n) is 5.09. The molecular weight excluding hydrogens is 172 g/mol. The van der Waals surface area contributed by atoms with Crippen LogP contribution < -0.4 is 0 Å². The van der Waals surface area contributed by atoms with Gasteiger partial charge in [-0.1, -0.05) is 11.8 Å². The predicted octanol–water partition coefficient (Wildman–Crippen LogP) is 2.08. The summed E-state index contributed by atoms with van der Waals surface area (Å²) in [6, 6.07) is 0. The molecule has 0 aromatic carbocycles. The van der Waals surface area contributed by atoms with E-state index in [1.54, 1.807) is 6.08 Å². The van der Waals surface area contributed by atoms with Crippen LogP contribution in [0.4, 0.5) is 0 Å². The van der Waals surface area contributed by atoms with Crippen molar-refractivity contribution in [1.29, 1.82) is 0 Å². The quantitative estimate of drug-likeness (QED) is 0.527. The second-order valence-corrected chi connectivity index (χ2v) is 3.73. The Hall–Kier alpha value is -1.47. The molecule has 2 bridgehead atoms. The van der Waals surface area contributed by atoms with Crippen LogP contribution in [0.3, 0.4) is 0 Å². The van der Waals surface area contributed by atoms with Crippen molar-refractivity contribution < 1.29 is 4.79 Å². The highest BCUT2D eigenvalue weighted by Crippen LogP contribution is 2.28. The van der Waals surface area contributed by atoms with Crippen LogP contribution in [-0.4, -0.2) is 5.78 Å². The Bertz CT molecular complexity index is 392. The van der Waals surface area contributed by atoms with E-state index in [1.807, 2.05) is 0 Å². The van der Waals surface area contributed by atoms with Gasteiger partial charge in [-0.05, 0) is 43.6 Å². The Labute approximate surface area is 84.6 Å². The SMILES string of the molecule is O=C1C2=CC#CC#CCCC1CCC2. The summed E-state index contributed by atoms with van der Waals surface area (Å²) < 4.78 is 0. The fourth-order valence-corrected chi connectivity index (χ4v) is 1.99. The molecule has 2 aliphatic carbocycles. The molecule has 1 nitrogen and oxygen atoms in total. The van der Waals surface area contributed by atoms with Gasteiger partial charge in [-0.25, -0.2) is 0 Å². The standard InChI is InChI=1S/C13H12O/c14-13-11-7-4-2-1-3-5-8-12(13)10-6-9-11/h8,11H,4,6-7,9-10H2. The van der Waals surface area contributed by atoms with Crippen molar-refractivity contribution in [3.8, 4) is 23.7 Å². The molecule has 0 N–H and O–H groups in total. The molecule has 0 aromatic rings. The highest BCUT2D eigenvalue weighted by atomic mass is 16.1. The van der Waals surface area contributed by atoms with E-state index in [4.69, 9.17) is 0 Å². The van der Waals surface area contributed by atoms with Gasteiger partial charge in [-0.2, -0.15) is 0 Å². The van der Waals surface area contributed by atoms with Crippen LogP contribution in [0.1, 0.15) is 32.1 Å². The first-order chi connectivity index (χ1) is 6.88. The Morgan fingerprint density at radius 3 is 3.14 bits per heavy atom. The van der Waals surface area contributed by atoms with Gasteiger partial charge >= 0.3 is 0 Å². The second-order valence-electron chi connectivity index (χ2n) is 3.73. The summed E-state index contributed by atoms with van der Waals surface area (Å²) in [7, 11) is 0. The zero-order valence-electron chi connectivity index (χ0n) is 8.10. The molecule has 2 aliphatic rings. The van der Waals surface area contributed by atoms with E-state index >= 15 is 0 Å². The third-order valence-electron chi connectivity index (χ3n) is 2.77. The molecule has 0 saturated heterocycles. The number of fused-ring (bicyclic) bond motifs is 2. The number of allylic oxidation sites excluding steroid dienone is 2. The third kappa shape index (κ3) is 1.88. The average Bonchev–Trinajstić information content (AvgIpc) is 2.18. The number of carbonyl (C=O) groups excluding carboxylic acids is 1. The number of ketones is 1. The van der Waals surface area contributed by atoms with Crippen molar-refractivity contribution in [3.63, 3.8) is 0 Å². The molecule has 0 spiro atoms. The highest BCUT2D eigenvalue weighted by Gasteiger charge is 2.25. The Balaban J connectivity index is 2.30. The number of hydrogen-bond acceptors (Lipinski definition) is 1. The van der Waals surface area contributed by atoms with Gasteiger partial charge in [-0.3, -0.25) is 4.79 Å². The number of carbonyl (C=O) groups is 1. The lowest BCUT2D eigenvalue weighted by molar-refractivity contribution is -0.120. The van der Waals surface area contributed by atoms with Crippen LogP contribution in [0.5, 0.6) is 0 Å². The molecule has 14 heavy (non-hydrogen) atoms. The van der Waals surface area contributed by atoms with Crippen LogP contribution in [0.15, 0.2) is 11.6 Å². The van der Waals surface area contributed by atoms with Gasteiger partial charge < -0.3 is 0 Å². The summed E-state index contributed by atoms with van der Waals surface area (Å²) in [5.41, 5.74) is 0.914. The van der Waals surface area contributed by atoms with Crippen molar-refractivity contribution >= 4 is 5.78 Å². The van der Waals surface area contributed by atoms with E-state index in [0.717, 1.165) is 37.7 Å². The van der Waals surface area contributed by atoms with Crippen LogP contribution in [0.2, 0.25) is 0 Å². The highest BCUT2D eigenvalue weighted by molar-refractivity contribution is 5.98. The maximum atomic E-state index is 11.9. The van der Waals surface area contributed by atoms with Gasteiger partial charge in [0.15, 0.2) is 5.78 Å². The molecule has 1 heteroatoms. The smallest absolute Gasteiger partial charge is 0.162 e. The first kappa shape index (κ1) is 9.10. The van der Waals surface area contributed by atoms with Gasteiger partial charge in [0, 0.05) is 17.9 Å². The molecule has 1 saturated carbocycles. The van der Waals surface area contributed by atoms with Gasteiger partial charge in [0.2, 0.25) is 0 Å². The van der Waals surface area contributed by atoms with E-state index in [-0.39, 0.29) is 5.92 Å². The van der Waals surface area contributed by atoms with Gasteiger partial charge in [-0.15, -0.1) is 0 Å². The molecule has 70 valence electrons. The first-order valence-corrected chi connectivity index (χ1v) is 5.09. The molecule has 1 unspecified atom stereocenters. The van der Waals surface area contributed by atoms with E-state index in [9.17, 15) is 4.79 Å². The van der Waals surface area contributed by atoms with E-state index < -0.39 is 0 Å². The lowest BCUT2D eigenvalue weighted by Gasteiger charge is -2.21. The zero-order valence-corrected chi connectivity index (χ0v) is 8.10. The number of hydrogen-bond donors (Lipinski definition) is 0. The third-order valence-corrected chi connectivity index (χ3v) is 2.77. The second kappa shape index (κ2) is 4.16. The van der Waals surface area contributed by atoms with Crippen molar-refractivity contribution in [1.82, 2.24) is 0 Å². The molecule has 1 atom stereocenters. The minimum absolute atomic E-state index is 0.212. The number of rotatable bonds is 0. The van der Waals surface area contributed by atoms with Gasteiger partial charge in [0.25, 0.3) is 0 Å². The summed E-state index contributed by atoms with van der Waals surface area (Å²) >= 11 is 0. The van der Waals surface area contributed by atoms with E-state index in [2.05, 4.69) is 23.7 Å². The molecule has 0 aromatic heterocycles. The normalized spacial score (nSPS) is 25.0. The van der Waals surface area contributed by atoms with Crippen molar-refractivity contribution in [2.45, 2.75) is 32.1 Å². The summed E-state index contributed by atoms with van der Waals surface area (Å²) in [5, 5.41) is 0. The van der Waals surface area contributed by atoms with Crippen LogP contribution in [0, 0.1) is 29.6 Å². The van der Waals surface area contributed by atoms with E-state index in [1.165, 1.54) is 0 Å². The molecule has 0 aliphatic heterocycles. The summed E-state index contributed by atoms with van der Waals surface area (Å²) in [5.74, 6) is 11.9. The molecule has 2 rings (SSSR count). The lowest BCUT2D eigenvalue weighted by atomic mass is 9.81. The summed E-state index contributed by atoms with van der Waals surface area (Å²) in [4.78, 5) is 11.9. The van der Waals surface area contributed by atoms with Crippen molar-refractivity contribution in [3.05, 3.63) is 11.6 Å². The Morgan fingerprint density at radius 1 is 1.29 bits per heavy atom. The topological polar surface area (TPSA) is 17.1 Å². The van der Waals surface area contributed by atoms with Crippen LogP contribution >= 0.6 is 0 Å². The largest absolute Gasteiger partial charge is 0.294 e. The van der Waals surface area contributed by atoms with Crippen LogP contribution in [0.25, 0.3) is 0 Å². The fraction of sp³-hybridized carbons (Fsp3) is 0.462. The lowest BCUT2D eigenvalue weighted by Crippen LogP contribution is -2.21. The monoisotopic (exact) mass is 184 g/mol. The average molecular weight is 184 g/mol. The summed E-state index contributed by atoms with van der Waals surface area (Å²) in [6.45, 7) is 0. The summed E-state index contributed by atoms with van der Waals surface area (Å²) in [6.07, 6.45) is 6.53. The Morgan fingerprint density at radius 2 is 2.21 bits per heavy atom. The zero-order chi connectivity index (χ0) is 9.80. The maximum Gasteiger partial charge on any atom is 0.162 e.